The zero-order chi connectivity index (χ0) is 29.3. The fourth-order valence-electron chi connectivity index (χ4n) is 4.17. The second-order valence-electron chi connectivity index (χ2n) is 9.50. The van der Waals surface area contributed by atoms with Crippen molar-refractivity contribution in [2.45, 2.75) is 44.6 Å². The lowest BCUT2D eigenvalue weighted by Crippen LogP contribution is -2.48. The van der Waals surface area contributed by atoms with Gasteiger partial charge in [-0.3, -0.25) is 9.10 Å². The average Bonchev–Trinajstić information content (AvgIpc) is 2.92. The van der Waals surface area contributed by atoms with Gasteiger partial charge in [-0.25, -0.2) is 8.42 Å². The molecular formula is C29H34F3N3O4S. The van der Waals surface area contributed by atoms with Gasteiger partial charge in [0.15, 0.2) is 0 Å². The summed E-state index contributed by atoms with van der Waals surface area (Å²) in [4.78, 5) is 13.2. The Morgan fingerprint density at radius 2 is 1.65 bits per heavy atom. The minimum absolute atomic E-state index is 0.00602. The number of nitrogens with one attached hydrogen (secondary N) is 2. The van der Waals surface area contributed by atoms with Crippen molar-refractivity contribution >= 4 is 21.6 Å². The summed E-state index contributed by atoms with van der Waals surface area (Å²) in [7, 11) is -2.11. The summed E-state index contributed by atoms with van der Waals surface area (Å²) in [5.41, 5.74) is 1.08. The molecule has 0 saturated heterocycles. The molecule has 40 heavy (non-hydrogen) atoms. The number of amides is 1. The van der Waals surface area contributed by atoms with Crippen LogP contribution in [0.4, 0.5) is 18.9 Å². The van der Waals surface area contributed by atoms with Crippen molar-refractivity contribution in [3.05, 3.63) is 101 Å². The molecule has 0 fully saturated rings. The van der Waals surface area contributed by atoms with E-state index >= 15 is 0 Å². The van der Waals surface area contributed by atoms with Gasteiger partial charge in [0.2, 0.25) is 10.0 Å². The number of carbonyl (C=O) groups is 1. The molecule has 0 aliphatic rings. The van der Waals surface area contributed by atoms with E-state index in [1.165, 1.54) is 19.2 Å². The molecule has 3 aromatic carbocycles. The number of sulfonamides is 1. The molecule has 0 saturated carbocycles. The van der Waals surface area contributed by atoms with Crippen molar-refractivity contribution in [1.82, 2.24) is 10.6 Å². The quantitative estimate of drug-likeness (QED) is 0.280. The van der Waals surface area contributed by atoms with Crippen LogP contribution in [-0.2, 0) is 29.2 Å². The SMILES string of the molecule is CCCS(=O)(=O)N(C)c1cccc(C(=O)N[C@@H](Cc2ccccc2)[C@@H](O)CNCc2cccc(C(F)(F)F)c2)c1. The lowest BCUT2D eigenvalue weighted by Gasteiger charge is -2.25. The topological polar surface area (TPSA) is 98.7 Å². The maximum atomic E-state index is 13.2. The smallest absolute Gasteiger partial charge is 0.390 e. The number of hydrogen-bond acceptors (Lipinski definition) is 5. The molecule has 216 valence electrons. The molecule has 0 aromatic heterocycles. The highest BCUT2D eigenvalue weighted by Crippen LogP contribution is 2.29. The molecule has 2 atom stereocenters. The summed E-state index contributed by atoms with van der Waals surface area (Å²) in [6.45, 7) is 1.86. The van der Waals surface area contributed by atoms with Gasteiger partial charge in [-0.15, -0.1) is 0 Å². The number of halogens is 3. The fourth-order valence-corrected chi connectivity index (χ4v) is 5.39. The van der Waals surface area contributed by atoms with Gasteiger partial charge in [-0.05, 0) is 48.2 Å². The predicted molar refractivity (Wildman–Crippen MR) is 149 cm³/mol. The van der Waals surface area contributed by atoms with Gasteiger partial charge in [0.1, 0.15) is 0 Å². The Morgan fingerprint density at radius 3 is 2.33 bits per heavy atom. The van der Waals surface area contributed by atoms with E-state index in [-0.39, 0.29) is 24.4 Å². The number of hydrogen-bond donors (Lipinski definition) is 3. The molecule has 11 heteroatoms. The zero-order valence-corrected chi connectivity index (χ0v) is 23.2. The average molecular weight is 578 g/mol. The Hall–Kier alpha value is -3.41. The highest BCUT2D eigenvalue weighted by atomic mass is 32.2. The Bertz CT molecular complexity index is 1370. The van der Waals surface area contributed by atoms with Crippen LogP contribution in [0.2, 0.25) is 0 Å². The first kappa shape index (κ1) is 31.1. The number of nitrogens with zero attached hydrogens (tertiary/aromatic N) is 1. The third-order valence-corrected chi connectivity index (χ3v) is 8.34. The van der Waals surface area contributed by atoms with E-state index in [2.05, 4.69) is 10.6 Å². The Morgan fingerprint density at radius 1 is 0.975 bits per heavy atom. The molecular weight excluding hydrogens is 543 g/mol. The van der Waals surface area contributed by atoms with Gasteiger partial charge >= 0.3 is 6.18 Å². The minimum atomic E-state index is -4.45. The fraction of sp³-hybridized carbons (Fsp3) is 0.345. The molecule has 0 aliphatic carbocycles. The van der Waals surface area contributed by atoms with Crippen LogP contribution in [0.25, 0.3) is 0 Å². The maximum absolute atomic E-state index is 13.2. The molecule has 0 aliphatic heterocycles. The Kier molecular flexibility index (Phi) is 10.7. The standard InChI is InChI=1S/C29H34F3N3O4S/c1-3-15-40(38,39)35(2)25-14-8-12-23(18-25)28(37)34-26(17-21-9-5-4-6-10-21)27(36)20-33-19-22-11-7-13-24(16-22)29(30,31)32/h4-14,16,18,26-27,33,36H,3,15,17,19-20H2,1-2H3,(H,34,37)/t26-,27-/m0/s1. The third-order valence-electron chi connectivity index (χ3n) is 6.37. The molecule has 0 radical (unpaired) electrons. The van der Waals surface area contributed by atoms with Gasteiger partial charge in [-0.2, -0.15) is 13.2 Å². The molecule has 0 bridgehead atoms. The van der Waals surface area contributed by atoms with Gasteiger partial charge in [0, 0.05) is 25.7 Å². The summed E-state index contributed by atoms with van der Waals surface area (Å²) >= 11 is 0. The predicted octanol–water partition coefficient (Wildman–Crippen LogP) is 4.37. The maximum Gasteiger partial charge on any atom is 0.416 e. The third kappa shape index (κ3) is 8.80. The monoisotopic (exact) mass is 577 g/mol. The lowest BCUT2D eigenvalue weighted by molar-refractivity contribution is -0.137. The molecule has 3 N–H and O–H groups in total. The highest BCUT2D eigenvalue weighted by molar-refractivity contribution is 7.92. The number of rotatable bonds is 13. The van der Waals surface area contributed by atoms with Gasteiger partial charge in [0.05, 0.1) is 29.1 Å². The van der Waals surface area contributed by atoms with Crippen LogP contribution < -0.4 is 14.9 Å². The molecule has 0 spiro atoms. The number of carbonyl (C=O) groups excluding carboxylic acids is 1. The summed E-state index contributed by atoms with van der Waals surface area (Å²) < 4.78 is 65.2. The van der Waals surface area contributed by atoms with Crippen molar-refractivity contribution in [3.8, 4) is 0 Å². The number of anilines is 1. The number of benzene rings is 3. The van der Waals surface area contributed by atoms with E-state index < -0.39 is 39.8 Å². The van der Waals surface area contributed by atoms with Crippen molar-refractivity contribution in [3.63, 3.8) is 0 Å². The largest absolute Gasteiger partial charge is 0.416 e. The van der Waals surface area contributed by atoms with E-state index in [1.807, 2.05) is 30.3 Å². The van der Waals surface area contributed by atoms with Gasteiger partial charge < -0.3 is 15.7 Å². The second kappa shape index (κ2) is 13.8. The van der Waals surface area contributed by atoms with Crippen LogP contribution in [0.15, 0.2) is 78.9 Å². The highest BCUT2D eigenvalue weighted by Gasteiger charge is 2.30. The summed E-state index contributed by atoms with van der Waals surface area (Å²) in [6, 6.07) is 19.6. The first-order valence-electron chi connectivity index (χ1n) is 12.9. The molecule has 1 amide bonds. The second-order valence-corrected chi connectivity index (χ2v) is 11.6. The number of alkyl halides is 3. The molecule has 0 heterocycles. The van der Waals surface area contributed by atoms with E-state index in [4.69, 9.17) is 0 Å². The van der Waals surface area contributed by atoms with Gasteiger partial charge in [0.25, 0.3) is 5.91 Å². The van der Waals surface area contributed by atoms with E-state index in [9.17, 15) is 31.5 Å². The van der Waals surface area contributed by atoms with Crippen molar-refractivity contribution in [1.29, 1.82) is 0 Å². The minimum Gasteiger partial charge on any atom is -0.390 e. The number of aliphatic hydroxyl groups is 1. The van der Waals surface area contributed by atoms with E-state index in [0.717, 1.165) is 22.0 Å². The summed E-state index contributed by atoms with van der Waals surface area (Å²) in [5.74, 6) is -0.528. The van der Waals surface area contributed by atoms with E-state index in [0.29, 0.717) is 24.1 Å². The molecule has 0 unspecified atom stereocenters. The van der Waals surface area contributed by atoms with Crippen molar-refractivity contribution in [2.75, 3.05) is 23.7 Å². The van der Waals surface area contributed by atoms with Gasteiger partial charge in [-0.1, -0.05) is 61.5 Å². The number of aliphatic hydroxyl groups excluding tert-OH is 1. The Labute approximate surface area is 233 Å². The summed E-state index contributed by atoms with van der Waals surface area (Å²) in [6.07, 6.45) is -4.78. The van der Waals surface area contributed by atoms with Crippen molar-refractivity contribution < 1.29 is 31.5 Å². The van der Waals surface area contributed by atoms with Crippen molar-refractivity contribution in [2.24, 2.45) is 0 Å². The first-order chi connectivity index (χ1) is 18.9. The van der Waals surface area contributed by atoms with Crippen LogP contribution in [0.1, 0.15) is 40.4 Å². The molecule has 7 nitrogen and oxygen atoms in total. The van der Waals surface area contributed by atoms with Crippen LogP contribution in [0, 0.1) is 0 Å². The normalized spacial score (nSPS) is 13.4. The van der Waals surface area contributed by atoms with Crippen LogP contribution >= 0.6 is 0 Å². The van der Waals surface area contributed by atoms with Crippen LogP contribution in [-0.4, -0.2) is 50.9 Å². The zero-order valence-electron chi connectivity index (χ0n) is 22.4. The Balaban J connectivity index is 1.73. The van der Waals surface area contributed by atoms with E-state index in [1.54, 1.807) is 31.2 Å². The molecule has 3 aromatic rings. The summed E-state index contributed by atoms with van der Waals surface area (Å²) in [5, 5.41) is 16.8. The molecule has 3 rings (SSSR count). The first-order valence-corrected chi connectivity index (χ1v) is 14.5. The lowest BCUT2D eigenvalue weighted by atomic mass is 10.00. The van der Waals surface area contributed by atoms with Crippen LogP contribution in [0.3, 0.4) is 0 Å². The van der Waals surface area contributed by atoms with Crippen LogP contribution in [0.5, 0.6) is 0 Å².